The number of piperidine rings is 1. The molecule has 0 aromatic carbocycles. The van der Waals surface area contributed by atoms with Crippen LogP contribution in [0.2, 0.25) is 0 Å². The van der Waals surface area contributed by atoms with Gasteiger partial charge in [-0.05, 0) is 19.3 Å². The number of ether oxygens (including phenoxy) is 1. The second-order valence-electron chi connectivity index (χ2n) is 9.21. The molecule has 1 N–H and O–H groups in total. The zero-order valence-electron chi connectivity index (χ0n) is 19.6. The maximum Gasteiger partial charge on any atom is 0.226 e. The maximum atomic E-state index is 13.0. The van der Waals surface area contributed by atoms with Crippen LogP contribution in [-0.4, -0.2) is 96.0 Å². The Kier molecular flexibility index (Phi) is 7.25. The molecule has 2 saturated heterocycles. The minimum Gasteiger partial charge on any atom is -0.379 e. The smallest absolute Gasteiger partial charge is 0.226 e. The summed E-state index contributed by atoms with van der Waals surface area (Å²) in [6, 6.07) is 0. The zero-order chi connectivity index (χ0) is 22.7. The summed E-state index contributed by atoms with van der Waals surface area (Å²) in [6.45, 7) is 10.5. The average Bonchev–Trinajstić information content (AvgIpc) is 2.83. The summed E-state index contributed by atoms with van der Waals surface area (Å²) in [4.78, 5) is 40.7. The predicted octanol–water partition coefficient (Wildman–Crippen LogP) is 1.10. The molecule has 3 aliphatic rings. The number of likely N-dealkylation sites (tertiary alicyclic amines) is 1. The summed E-state index contributed by atoms with van der Waals surface area (Å²) in [5.41, 5.74) is 2.08. The molecule has 3 aliphatic heterocycles. The van der Waals surface area contributed by atoms with E-state index in [1.807, 2.05) is 23.8 Å². The van der Waals surface area contributed by atoms with Gasteiger partial charge in [-0.1, -0.05) is 6.92 Å². The van der Waals surface area contributed by atoms with Gasteiger partial charge in [-0.2, -0.15) is 0 Å². The van der Waals surface area contributed by atoms with Crippen LogP contribution in [-0.2, 0) is 27.3 Å². The van der Waals surface area contributed by atoms with E-state index in [2.05, 4.69) is 10.2 Å². The number of anilines is 1. The number of fused-ring (bicyclic) bond motifs is 1. The van der Waals surface area contributed by atoms with E-state index >= 15 is 0 Å². The Balaban J connectivity index is 1.38. The summed E-state index contributed by atoms with van der Waals surface area (Å²) >= 11 is 0. The third-order valence-corrected chi connectivity index (χ3v) is 6.99. The van der Waals surface area contributed by atoms with Crippen molar-refractivity contribution < 1.29 is 14.3 Å². The number of aromatic nitrogens is 2. The topological polar surface area (TPSA) is 90.9 Å². The molecule has 2 amide bonds. The second-order valence-corrected chi connectivity index (χ2v) is 9.21. The first-order valence-corrected chi connectivity index (χ1v) is 11.9. The summed E-state index contributed by atoms with van der Waals surface area (Å²) in [6.07, 6.45) is 2.52. The van der Waals surface area contributed by atoms with Crippen LogP contribution in [0.1, 0.15) is 49.7 Å². The fourth-order valence-electron chi connectivity index (χ4n) is 5.03. The highest BCUT2D eigenvalue weighted by Gasteiger charge is 2.31. The molecule has 4 rings (SSSR count). The molecular formula is C23H36N6O3. The number of carbonyl (C=O) groups is 2. The van der Waals surface area contributed by atoms with E-state index in [9.17, 15) is 9.59 Å². The van der Waals surface area contributed by atoms with Gasteiger partial charge in [0.15, 0.2) is 0 Å². The second kappa shape index (κ2) is 10.1. The number of hydrogen-bond donors (Lipinski definition) is 1. The van der Waals surface area contributed by atoms with Gasteiger partial charge in [0.05, 0.1) is 25.5 Å². The number of nitrogens with zero attached hydrogens (tertiary/aromatic N) is 5. The number of nitrogens with one attached hydrogen (secondary N) is 1. The van der Waals surface area contributed by atoms with Crippen molar-refractivity contribution in [3.63, 3.8) is 0 Å². The SMILES string of the molecule is CNc1nc(C2CCN(C(=O)[C@H](C)CN3CCOCC3)CC2)nc2c1CCN(C(C)=O)C2. The van der Waals surface area contributed by atoms with Gasteiger partial charge >= 0.3 is 0 Å². The van der Waals surface area contributed by atoms with E-state index in [4.69, 9.17) is 14.7 Å². The molecule has 0 aliphatic carbocycles. The molecule has 2 fully saturated rings. The Morgan fingerprint density at radius 2 is 1.81 bits per heavy atom. The molecule has 1 aromatic rings. The first-order valence-electron chi connectivity index (χ1n) is 11.9. The Morgan fingerprint density at radius 3 is 2.47 bits per heavy atom. The Labute approximate surface area is 190 Å². The lowest BCUT2D eigenvalue weighted by Crippen LogP contribution is -2.46. The van der Waals surface area contributed by atoms with Gasteiger partial charge in [0.2, 0.25) is 11.8 Å². The van der Waals surface area contributed by atoms with Gasteiger partial charge in [0.25, 0.3) is 0 Å². The van der Waals surface area contributed by atoms with Crippen LogP contribution < -0.4 is 5.32 Å². The number of morpholine rings is 1. The van der Waals surface area contributed by atoms with Crippen molar-refractivity contribution >= 4 is 17.6 Å². The zero-order valence-corrected chi connectivity index (χ0v) is 19.6. The third kappa shape index (κ3) is 5.04. The summed E-state index contributed by atoms with van der Waals surface area (Å²) < 4.78 is 5.41. The van der Waals surface area contributed by atoms with Crippen molar-refractivity contribution in [2.75, 3.05) is 64.8 Å². The summed E-state index contributed by atoms with van der Waals surface area (Å²) in [7, 11) is 1.89. The number of carbonyl (C=O) groups excluding carboxylic acids is 2. The molecule has 4 heterocycles. The highest BCUT2D eigenvalue weighted by atomic mass is 16.5. The third-order valence-electron chi connectivity index (χ3n) is 6.99. The highest BCUT2D eigenvalue weighted by Crippen LogP contribution is 2.31. The first-order chi connectivity index (χ1) is 15.5. The molecule has 0 unspecified atom stereocenters. The molecule has 9 nitrogen and oxygen atoms in total. The van der Waals surface area contributed by atoms with Gasteiger partial charge in [-0.25, -0.2) is 9.97 Å². The van der Waals surface area contributed by atoms with E-state index in [0.29, 0.717) is 13.1 Å². The van der Waals surface area contributed by atoms with Crippen molar-refractivity contribution in [3.05, 3.63) is 17.1 Å². The van der Waals surface area contributed by atoms with Gasteiger partial charge < -0.3 is 19.9 Å². The van der Waals surface area contributed by atoms with E-state index in [1.165, 1.54) is 0 Å². The molecule has 0 radical (unpaired) electrons. The lowest BCUT2D eigenvalue weighted by Gasteiger charge is -2.35. The fraction of sp³-hybridized carbons (Fsp3) is 0.739. The first kappa shape index (κ1) is 22.9. The highest BCUT2D eigenvalue weighted by molar-refractivity contribution is 5.78. The molecule has 176 valence electrons. The molecule has 32 heavy (non-hydrogen) atoms. The molecule has 1 atom stereocenters. The predicted molar refractivity (Wildman–Crippen MR) is 121 cm³/mol. The molecule has 1 aromatic heterocycles. The summed E-state index contributed by atoms with van der Waals surface area (Å²) in [5.74, 6) is 2.28. The minimum atomic E-state index is -0.00176. The van der Waals surface area contributed by atoms with Crippen LogP contribution in [0.25, 0.3) is 0 Å². The average molecular weight is 445 g/mol. The Morgan fingerprint density at radius 1 is 1.09 bits per heavy atom. The van der Waals surface area contributed by atoms with Gasteiger partial charge in [0.1, 0.15) is 11.6 Å². The van der Waals surface area contributed by atoms with Crippen molar-refractivity contribution in [2.45, 2.75) is 45.6 Å². The van der Waals surface area contributed by atoms with Crippen LogP contribution in [0.15, 0.2) is 0 Å². The van der Waals surface area contributed by atoms with Crippen molar-refractivity contribution in [1.29, 1.82) is 0 Å². The van der Waals surface area contributed by atoms with Gasteiger partial charge in [-0.15, -0.1) is 0 Å². The number of rotatable bonds is 5. The monoisotopic (exact) mass is 444 g/mol. The molecule has 0 saturated carbocycles. The summed E-state index contributed by atoms with van der Waals surface area (Å²) in [5, 5.41) is 3.23. The molecule has 9 heteroatoms. The van der Waals surface area contributed by atoms with Crippen LogP contribution in [0.4, 0.5) is 5.82 Å². The fourth-order valence-corrected chi connectivity index (χ4v) is 5.03. The van der Waals surface area contributed by atoms with E-state index < -0.39 is 0 Å². The van der Waals surface area contributed by atoms with Crippen LogP contribution >= 0.6 is 0 Å². The molecular weight excluding hydrogens is 408 g/mol. The maximum absolute atomic E-state index is 13.0. The standard InChI is InChI=1S/C23H36N6O3/c1-16(14-27-10-12-32-13-11-27)23(31)28-7-4-18(5-8-28)21-25-20-15-29(17(2)30)9-6-19(20)22(24-3)26-21/h16,18H,4-15H2,1-3H3,(H,24,25,26)/t16-/m1/s1. The molecule has 0 spiro atoms. The lowest BCUT2D eigenvalue weighted by molar-refractivity contribution is -0.137. The van der Waals surface area contributed by atoms with E-state index in [-0.39, 0.29) is 23.7 Å². The Hall–Kier alpha value is -2.26. The van der Waals surface area contributed by atoms with E-state index in [1.54, 1.807) is 6.92 Å². The molecule has 0 bridgehead atoms. The van der Waals surface area contributed by atoms with Crippen LogP contribution in [0.5, 0.6) is 0 Å². The lowest BCUT2D eigenvalue weighted by atomic mass is 9.94. The quantitative estimate of drug-likeness (QED) is 0.727. The minimum absolute atomic E-state index is 0.00176. The van der Waals surface area contributed by atoms with Gasteiger partial charge in [-0.3, -0.25) is 14.5 Å². The van der Waals surface area contributed by atoms with E-state index in [0.717, 1.165) is 88.1 Å². The normalized spacial score (nSPS) is 21.2. The van der Waals surface area contributed by atoms with Crippen LogP contribution in [0, 0.1) is 5.92 Å². The van der Waals surface area contributed by atoms with Crippen molar-refractivity contribution in [2.24, 2.45) is 5.92 Å². The van der Waals surface area contributed by atoms with Crippen molar-refractivity contribution in [3.8, 4) is 0 Å². The Bertz CT molecular complexity index is 833. The van der Waals surface area contributed by atoms with Crippen molar-refractivity contribution in [1.82, 2.24) is 24.7 Å². The number of hydrogen-bond acceptors (Lipinski definition) is 7. The largest absolute Gasteiger partial charge is 0.379 e. The van der Waals surface area contributed by atoms with Crippen LogP contribution in [0.3, 0.4) is 0 Å². The number of amides is 2. The van der Waals surface area contributed by atoms with Gasteiger partial charge in [0, 0.05) is 70.6 Å².